The topological polar surface area (TPSA) is 73.8 Å². The largest absolute Gasteiger partial charge is 0.379 e. The summed E-state index contributed by atoms with van der Waals surface area (Å²) in [5.74, 6) is -0.00654. The smallest absolute Gasteiger partial charge is 0.226 e. The normalized spacial score (nSPS) is 10.8. The van der Waals surface area contributed by atoms with E-state index in [9.17, 15) is 4.79 Å². The van der Waals surface area contributed by atoms with Crippen LogP contribution in [0.1, 0.15) is 5.56 Å². The minimum atomic E-state index is -0.232. The van der Waals surface area contributed by atoms with Crippen LogP contribution in [0.15, 0.2) is 47.5 Å². The molecule has 5 heteroatoms. The summed E-state index contributed by atoms with van der Waals surface area (Å²) in [7, 11) is 0. The molecule has 3 aromatic rings. The van der Waals surface area contributed by atoms with Crippen molar-refractivity contribution in [1.82, 2.24) is 14.8 Å². The summed E-state index contributed by atoms with van der Waals surface area (Å²) in [4.78, 5) is 16.0. The summed E-state index contributed by atoms with van der Waals surface area (Å²) in [5.41, 5.74) is 7.58. The lowest BCUT2D eigenvalue weighted by Crippen LogP contribution is -2.18. The molecule has 0 aliphatic carbocycles. The highest BCUT2D eigenvalue weighted by Gasteiger charge is 2.07. The maximum atomic E-state index is 11.6. The third kappa shape index (κ3) is 1.85. The molecule has 2 heterocycles. The quantitative estimate of drug-likeness (QED) is 0.715. The molecule has 0 amide bonds. The van der Waals surface area contributed by atoms with Crippen LogP contribution in [0.4, 0.5) is 5.82 Å². The average molecular weight is 252 g/mol. The van der Waals surface area contributed by atoms with E-state index in [0.29, 0.717) is 5.56 Å². The van der Waals surface area contributed by atoms with Gasteiger partial charge in [-0.2, -0.15) is 0 Å². The first kappa shape index (κ1) is 11.4. The second-order valence-corrected chi connectivity index (χ2v) is 4.32. The zero-order chi connectivity index (χ0) is 13.4. The maximum Gasteiger partial charge on any atom is 0.226 e. The van der Waals surface area contributed by atoms with E-state index in [0.717, 1.165) is 16.6 Å². The molecule has 0 radical (unpaired) electrons. The number of fused-ring (bicyclic) bond motifs is 1. The van der Waals surface area contributed by atoms with Gasteiger partial charge in [0.2, 0.25) is 5.43 Å². The van der Waals surface area contributed by atoms with Crippen LogP contribution < -0.4 is 11.2 Å². The van der Waals surface area contributed by atoms with E-state index in [2.05, 4.69) is 10.1 Å². The van der Waals surface area contributed by atoms with Crippen LogP contribution in [0, 0.1) is 6.92 Å². The Labute approximate surface area is 109 Å². The van der Waals surface area contributed by atoms with Gasteiger partial charge in [0.1, 0.15) is 0 Å². The van der Waals surface area contributed by atoms with E-state index < -0.39 is 0 Å². The van der Waals surface area contributed by atoms with Gasteiger partial charge in [-0.1, -0.05) is 18.2 Å². The molecule has 0 atom stereocenters. The van der Waals surface area contributed by atoms with Crippen molar-refractivity contribution >= 4 is 16.7 Å². The highest BCUT2D eigenvalue weighted by atomic mass is 16.1. The third-order valence-corrected chi connectivity index (χ3v) is 2.98. The minimum absolute atomic E-state index is 0.00654. The van der Waals surface area contributed by atoms with Gasteiger partial charge in [0.05, 0.1) is 11.2 Å². The Kier molecular flexibility index (Phi) is 2.52. The lowest BCUT2D eigenvalue weighted by molar-refractivity contribution is 0.840. The number of rotatable bonds is 1. The fourth-order valence-electron chi connectivity index (χ4n) is 2.03. The highest BCUT2D eigenvalue weighted by molar-refractivity contribution is 5.86. The van der Waals surface area contributed by atoms with Gasteiger partial charge in [-0.3, -0.25) is 9.78 Å². The summed E-state index contributed by atoms with van der Waals surface area (Å²) < 4.78 is 1.60. The van der Waals surface area contributed by atoms with Crippen LogP contribution in [-0.2, 0) is 0 Å². The molecule has 19 heavy (non-hydrogen) atoms. The molecule has 0 spiro atoms. The van der Waals surface area contributed by atoms with E-state index in [1.807, 2.05) is 30.3 Å². The molecule has 1 aromatic carbocycles. The van der Waals surface area contributed by atoms with Crippen LogP contribution in [0.2, 0.25) is 0 Å². The van der Waals surface area contributed by atoms with Crippen molar-refractivity contribution in [3.05, 3.63) is 58.5 Å². The fraction of sp³-hybridized carbons (Fsp3) is 0.0714. The lowest BCUT2D eigenvalue weighted by atomic mass is 10.2. The maximum absolute atomic E-state index is 11.6. The number of para-hydroxylation sites is 1. The Morgan fingerprint density at radius 3 is 2.79 bits per heavy atom. The van der Waals surface area contributed by atoms with Crippen molar-refractivity contribution < 1.29 is 0 Å². The summed E-state index contributed by atoms with van der Waals surface area (Å²) in [5, 5.41) is 5.11. The van der Waals surface area contributed by atoms with E-state index in [-0.39, 0.29) is 11.2 Å². The van der Waals surface area contributed by atoms with E-state index in [1.54, 1.807) is 24.0 Å². The molecule has 5 nitrogen and oxygen atoms in total. The molecule has 0 fully saturated rings. The van der Waals surface area contributed by atoms with Gasteiger partial charge in [-0.15, -0.1) is 5.10 Å². The third-order valence-electron chi connectivity index (χ3n) is 2.98. The van der Waals surface area contributed by atoms with Gasteiger partial charge in [-0.25, -0.2) is 4.68 Å². The minimum Gasteiger partial charge on any atom is -0.379 e. The number of nitrogens with zero attached hydrogens (tertiary/aromatic N) is 3. The van der Waals surface area contributed by atoms with Gasteiger partial charge >= 0.3 is 0 Å². The molecule has 94 valence electrons. The number of hydrogen-bond acceptors (Lipinski definition) is 4. The van der Waals surface area contributed by atoms with Crippen molar-refractivity contribution in [2.45, 2.75) is 6.92 Å². The first-order valence-electron chi connectivity index (χ1n) is 5.87. The molecule has 0 aliphatic heterocycles. The predicted octanol–water partition coefficient (Wildman–Crippen LogP) is 1.67. The van der Waals surface area contributed by atoms with Crippen LogP contribution in [0.5, 0.6) is 0 Å². The number of aromatic nitrogens is 3. The van der Waals surface area contributed by atoms with Gasteiger partial charge < -0.3 is 5.73 Å². The second-order valence-electron chi connectivity index (χ2n) is 4.32. The Hall–Kier alpha value is -2.69. The average Bonchev–Trinajstić information content (AvgIpc) is 2.43. The summed E-state index contributed by atoms with van der Waals surface area (Å²) in [6, 6.07) is 9.65. The van der Waals surface area contributed by atoms with E-state index in [4.69, 9.17) is 5.73 Å². The SMILES string of the molecule is Cc1cn(-c2cccc3cccnc23)nc(N)c1=O. The van der Waals surface area contributed by atoms with E-state index >= 15 is 0 Å². The zero-order valence-corrected chi connectivity index (χ0v) is 10.4. The molecule has 0 saturated carbocycles. The summed E-state index contributed by atoms with van der Waals surface area (Å²) in [6.07, 6.45) is 3.40. The predicted molar refractivity (Wildman–Crippen MR) is 74.3 cm³/mol. The Morgan fingerprint density at radius 1 is 1.21 bits per heavy atom. The van der Waals surface area contributed by atoms with Crippen LogP contribution in [0.25, 0.3) is 16.6 Å². The van der Waals surface area contributed by atoms with Gasteiger partial charge in [-0.05, 0) is 19.1 Å². The van der Waals surface area contributed by atoms with Crippen molar-refractivity contribution in [3.63, 3.8) is 0 Å². The molecule has 0 bridgehead atoms. The van der Waals surface area contributed by atoms with Crippen molar-refractivity contribution in [3.8, 4) is 5.69 Å². The Bertz CT molecular complexity index is 792. The van der Waals surface area contributed by atoms with Crippen LogP contribution in [-0.4, -0.2) is 14.8 Å². The zero-order valence-electron chi connectivity index (χ0n) is 10.4. The first-order chi connectivity index (χ1) is 9.16. The Morgan fingerprint density at radius 2 is 2.00 bits per heavy atom. The first-order valence-corrected chi connectivity index (χ1v) is 5.87. The molecule has 0 aliphatic rings. The number of nitrogens with two attached hydrogens (primary N) is 1. The second kappa shape index (κ2) is 4.20. The van der Waals surface area contributed by atoms with Crippen LogP contribution >= 0.6 is 0 Å². The number of aryl methyl sites for hydroxylation is 1. The number of nitrogen functional groups attached to an aromatic ring is 1. The van der Waals surface area contributed by atoms with Crippen LogP contribution in [0.3, 0.4) is 0 Å². The number of anilines is 1. The molecule has 2 aromatic heterocycles. The molecule has 3 rings (SSSR count). The number of pyridine rings is 1. The molecular formula is C14H12N4O. The summed E-state index contributed by atoms with van der Waals surface area (Å²) >= 11 is 0. The van der Waals surface area contributed by atoms with Gasteiger partial charge in [0.15, 0.2) is 5.82 Å². The van der Waals surface area contributed by atoms with Crippen molar-refractivity contribution in [1.29, 1.82) is 0 Å². The highest BCUT2D eigenvalue weighted by Crippen LogP contribution is 2.19. The monoisotopic (exact) mass is 252 g/mol. The van der Waals surface area contributed by atoms with Gasteiger partial charge in [0.25, 0.3) is 0 Å². The lowest BCUT2D eigenvalue weighted by Gasteiger charge is -2.09. The Balaban J connectivity index is 2.34. The molecular weight excluding hydrogens is 240 g/mol. The van der Waals surface area contributed by atoms with Crippen molar-refractivity contribution in [2.24, 2.45) is 0 Å². The molecule has 0 unspecified atom stereocenters. The van der Waals surface area contributed by atoms with Gasteiger partial charge in [0, 0.05) is 23.3 Å². The summed E-state index contributed by atoms with van der Waals surface area (Å²) in [6.45, 7) is 1.72. The molecule has 0 saturated heterocycles. The van der Waals surface area contributed by atoms with Crippen molar-refractivity contribution in [2.75, 3.05) is 5.73 Å². The molecule has 2 N–H and O–H groups in total. The number of benzene rings is 1. The number of hydrogen-bond donors (Lipinski definition) is 1. The van der Waals surface area contributed by atoms with E-state index in [1.165, 1.54) is 0 Å². The fourth-order valence-corrected chi connectivity index (χ4v) is 2.03. The standard InChI is InChI=1S/C14H12N4O/c1-9-8-18(17-14(15)13(9)19)11-6-2-4-10-5-3-7-16-12(10)11/h2-8H,1H3,(H2,15,17).